The predicted molar refractivity (Wildman–Crippen MR) is 101 cm³/mol. The van der Waals surface area contributed by atoms with Crippen LogP contribution in [0, 0.1) is 11.9 Å². The van der Waals surface area contributed by atoms with E-state index in [4.69, 9.17) is 0 Å². The van der Waals surface area contributed by atoms with Gasteiger partial charge in [0.1, 0.15) is 0 Å². The Morgan fingerprint density at radius 1 is 0.839 bits per heavy atom. The van der Waals surface area contributed by atoms with Crippen LogP contribution in [0.25, 0.3) is 17.1 Å². The van der Waals surface area contributed by atoms with E-state index in [0.29, 0.717) is 11.4 Å². The van der Waals surface area contributed by atoms with Crippen LogP contribution in [0.3, 0.4) is 0 Å². The lowest BCUT2D eigenvalue weighted by Gasteiger charge is -2.13. The monoisotopic (exact) mass is 431 g/mol. The molecule has 10 heteroatoms. The molecule has 4 heterocycles. The minimum absolute atomic E-state index is 0.0494. The van der Waals surface area contributed by atoms with Gasteiger partial charge in [0.2, 0.25) is 11.9 Å². The predicted octanol–water partition coefficient (Wildman–Crippen LogP) is 5.17. The summed E-state index contributed by atoms with van der Waals surface area (Å²) in [5.41, 5.74) is 0.379. The number of hydrogen-bond donors (Lipinski definition) is 0. The van der Waals surface area contributed by atoms with E-state index in [0.717, 1.165) is 16.8 Å². The van der Waals surface area contributed by atoms with Crippen LogP contribution in [0.15, 0.2) is 60.8 Å². The molecule has 0 radical (unpaired) electrons. The summed E-state index contributed by atoms with van der Waals surface area (Å²) in [4.78, 5) is 12.0. The zero-order valence-electron chi connectivity index (χ0n) is 16.0. The van der Waals surface area contributed by atoms with Gasteiger partial charge in [0.15, 0.2) is 11.5 Å². The van der Waals surface area contributed by atoms with Crippen LogP contribution in [0.4, 0.5) is 22.0 Å². The molecular weight excluding hydrogens is 417 g/mol. The van der Waals surface area contributed by atoms with Crippen molar-refractivity contribution in [3.63, 3.8) is 0 Å². The van der Waals surface area contributed by atoms with Crippen LogP contribution in [0.1, 0.15) is 29.9 Å². The normalized spacial score (nSPS) is 12.7. The molecule has 0 aliphatic rings. The molecule has 4 aromatic heterocycles. The number of halogens is 5. The molecule has 0 N–H and O–H groups in total. The van der Waals surface area contributed by atoms with Gasteiger partial charge in [0, 0.05) is 17.8 Å². The molecule has 1 unspecified atom stereocenters. The van der Waals surface area contributed by atoms with E-state index >= 15 is 0 Å². The SMILES string of the molecule is CC(c1cccc(-c2ccc(F)nc2F)n1)c1cccc(-n2ccc(C(F)(F)F)n2)n1. The summed E-state index contributed by atoms with van der Waals surface area (Å²) in [6.07, 6.45) is -3.37. The Bertz CT molecular complexity index is 1230. The highest BCUT2D eigenvalue weighted by Gasteiger charge is 2.33. The van der Waals surface area contributed by atoms with E-state index in [1.54, 1.807) is 30.3 Å². The second kappa shape index (κ2) is 7.86. The molecule has 0 aromatic carbocycles. The molecule has 31 heavy (non-hydrogen) atoms. The Hall–Kier alpha value is -3.69. The highest BCUT2D eigenvalue weighted by atomic mass is 19.4. The average Bonchev–Trinajstić information content (AvgIpc) is 3.24. The lowest BCUT2D eigenvalue weighted by atomic mass is 10.0. The minimum atomic E-state index is -4.55. The highest BCUT2D eigenvalue weighted by Crippen LogP contribution is 2.29. The standard InChI is InChI=1S/C21H14F5N5/c1-12(14-4-2-6-16(27-14)13-8-9-18(22)29-20(13)23)15-5-3-7-19(28-15)31-11-10-17(30-31)21(24,25)26/h2-12H,1H3. The van der Waals surface area contributed by atoms with Gasteiger partial charge in [-0.05, 0) is 42.5 Å². The number of hydrogen-bond acceptors (Lipinski definition) is 4. The number of aromatic nitrogens is 5. The highest BCUT2D eigenvalue weighted by molar-refractivity contribution is 5.58. The lowest BCUT2D eigenvalue weighted by molar-refractivity contribution is -0.141. The van der Waals surface area contributed by atoms with Gasteiger partial charge in [-0.2, -0.15) is 32.0 Å². The Labute approximate surface area is 173 Å². The van der Waals surface area contributed by atoms with E-state index in [-0.39, 0.29) is 23.0 Å². The number of rotatable bonds is 4. The first-order chi connectivity index (χ1) is 14.7. The van der Waals surface area contributed by atoms with E-state index in [1.165, 1.54) is 18.3 Å². The van der Waals surface area contributed by atoms with Crippen molar-refractivity contribution in [2.75, 3.05) is 0 Å². The zero-order chi connectivity index (χ0) is 22.2. The molecule has 0 aliphatic carbocycles. The zero-order valence-corrected chi connectivity index (χ0v) is 16.0. The van der Waals surface area contributed by atoms with Crippen LogP contribution in [0.5, 0.6) is 0 Å². The Kier molecular flexibility index (Phi) is 5.22. The second-order valence-corrected chi connectivity index (χ2v) is 6.71. The molecule has 0 saturated carbocycles. The second-order valence-electron chi connectivity index (χ2n) is 6.71. The first-order valence-electron chi connectivity index (χ1n) is 9.12. The van der Waals surface area contributed by atoms with Gasteiger partial charge in [0.25, 0.3) is 0 Å². The largest absolute Gasteiger partial charge is 0.435 e. The maximum atomic E-state index is 14.0. The van der Waals surface area contributed by atoms with Crippen molar-refractivity contribution in [3.05, 3.63) is 89.8 Å². The average molecular weight is 431 g/mol. The van der Waals surface area contributed by atoms with Gasteiger partial charge in [-0.1, -0.05) is 19.1 Å². The van der Waals surface area contributed by atoms with Crippen molar-refractivity contribution in [2.45, 2.75) is 19.0 Å². The molecule has 0 fully saturated rings. The fraction of sp³-hybridized carbons (Fsp3) is 0.143. The first-order valence-corrected chi connectivity index (χ1v) is 9.12. The number of alkyl halides is 3. The molecule has 0 saturated heterocycles. The van der Waals surface area contributed by atoms with Crippen molar-refractivity contribution in [2.24, 2.45) is 0 Å². The third-order valence-electron chi connectivity index (χ3n) is 4.62. The van der Waals surface area contributed by atoms with Gasteiger partial charge in [0.05, 0.1) is 17.0 Å². The summed E-state index contributed by atoms with van der Waals surface area (Å²) >= 11 is 0. The number of pyridine rings is 3. The van der Waals surface area contributed by atoms with Crippen molar-refractivity contribution in [3.8, 4) is 17.1 Å². The first kappa shape index (κ1) is 20.6. The molecule has 5 nitrogen and oxygen atoms in total. The van der Waals surface area contributed by atoms with Gasteiger partial charge < -0.3 is 0 Å². The maximum Gasteiger partial charge on any atom is 0.435 e. The Morgan fingerprint density at radius 2 is 1.55 bits per heavy atom. The molecule has 4 aromatic rings. The summed E-state index contributed by atoms with van der Waals surface area (Å²) in [7, 11) is 0. The van der Waals surface area contributed by atoms with Gasteiger partial charge in [-0.25, -0.2) is 9.67 Å². The minimum Gasteiger partial charge on any atom is -0.252 e. The fourth-order valence-electron chi connectivity index (χ4n) is 3.01. The summed E-state index contributed by atoms with van der Waals surface area (Å²) in [5, 5.41) is 3.53. The molecule has 0 spiro atoms. The molecule has 158 valence electrons. The topological polar surface area (TPSA) is 56.5 Å². The molecule has 0 amide bonds. The van der Waals surface area contributed by atoms with Crippen LogP contribution in [-0.2, 0) is 6.18 Å². The van der Waals surface area contributed by atoms with Crippen molar-refractivity contribution >= 4 is 0 Å². The van der Waals surface area contributed by atoms with Crippen LogP contribution >= 0.6 is 0 Å². The lowest BCUT2D eigenvalue weighted by Crippen LogP contribution is -2.09. The third-order valence-corrected chi connectivity index (χ3v) is 4.62. The van der Waals surface area contributed by atoms with Gasteiger partial charge >= 0.3 is 6.18 Å². The van der Waals surface area contributed by atoms with Crippen molar-refractivity contribution in [1.29, 1.82) is 0 Å². The molecule has 1 atom stereocenters. The van der Waals surface area contributed by atoms with Gasteiger partial charge in [-0.3, -0.25) is 4.98 Å². The van der Waals surface area contributed by atoms with Crippen molar-refractivity contribution < 1.29 is 22.0 Å². The van der Waals surface area contributed by atoms with Crippen LogP contribution < -0.4 is 0 Å². The molecular formula is C21H14F5N5. The van der Waals surface area contributed by atoms with Crippen LogP contribution in [0.2, 0.25) is 0 Å². The van der Waals surface area contributed by atoms with Crippen molar-refractivity contribution in [1.82, 2.24) is 24.7 Å². The molecule has 0 bridgehead atoms. The fourth-order valence-corrected chi connectivity index (χ4v) is 3.01. The summed E-state index contributed by atoms with van der Waals surface area (Å²) < 4.78 is 66.6. The van der Waals surface area contributed by atoms with Crippen LogP contribution in [-0.4, -0.2) is 24.7 Å². The molecule has 0 aliphatic heterocycles. The van der Waals surface area contributed by atoms with Gasteiger partial charge in [-0.15, -0.1) is 0 Å². The third kappa shape index (κ3) is 4.27. The van der Waals surface area contributed by atoms with E-state index in [9.17, 15) is 22.0 Å². The van der Waals surface area contributed by atoms with E-state index < -0.39 is 23.8 Å². The number of nitrogens with zero attached hydrogens (tertiary/aromatic N) is 5. The summed E-state index contributed by atoms with van der Waals surface area (Å²) in [6, 6.07) is 13.0. The summed E-state index contributed by atoms with van der Waals surface area (Å²) in [6.45, 7) is 1.81. The summed E-state index contributed by atoms with van der Waals surface area (Å²) in [5.74, 6) is -2.06. The van der Waals surface area contributed by atoms with E-state index in [1.807, 2.05) is 6.92 Å². The smallest absolute Gasteiger partial charge is 0.252 e. The molecule has 4 rings (SSSR count). The Morgan fingerprint density at radius 3 is 2.23 bits per heavy atom. The van der Waals surface area contributed by atoms with E-state index in [2.05, 4.69) is 20.1 Å². The maximum absolute atomic E-state index is 14.0. The Balaban J connectivity index is 1.65. The quantitative estimate of drug-likeness (QED) is 0.330.